The molecule has 3 aromatic rings. The Bertz CT molecular complexity index is 1240. The van der Waals surface area contributed by atoms with Crippen LogP contribution in [0.2, 0.25) is 0 Å². The predicted molar refractivity (Wildman–Crippen MR) is 131 cm³/mol. The van der Waals surface area contributed by atoms with Crippen LogP contribution >= 0.6 is 0 Å². The van der Waals surface area contributed by atoms with Crippen molar-refractivity contribution in [3.63, 3.8) is 0 Å². The number of hydrogen-bond acceptors (Lipinski definition) is 5. The third-order valence-electron chi connectivity index (χ3n) is 5.45. The number of nitrogens with two attached hydrogens (primary N) is 1. The van der Waals surface area contributed by atoms with Crippen LogP contribution in [0.5, 0.6) is 0 Å². The molecule has 4 rings (SSSR count). The molecule has 4 N–H and O–H groups in total. The Kier molecular flexibility index (Phi) is 7.41. The lowest BCUT2D eigenvalue weighted by molar-refractivity contribution is -0.137. The van der Waals surface area contributed by atoms with Gasteiger partial charge in [-0.05, 0) is 48.0 Å². The van der Waals surface area contributed by atoms with Gasteiger partial charge in [0.15, 0.2) is 0 Å². The summed E-state index contributed by atoms with van der Waals surface area (Å²) in [4.78, 5) is 26.4. The number of amides is 3. The summed E-state index contributed by atoms with van der Waals surface area (Å²) in [5.41, 5.74) is 9.12. The van der Waals surface area contributed by atoms with E-state index in [0.717, 1.165) is 16.5 Å². The van der Waals surface area contributed by atoms with Gasteiger partial charge in [0, 0.05) is 18.8 Å². The van der Waals surface area contributed by atoms with Crippen molar-refractivity contribution in [2.75, 3.05) is 40.4 Å². The number of halogens is 3. The topological polar surface area (TPSA) is 99.9 Å². The van der Waals surface area contributed by atoms with Gasteiger partial charge in [0.1, 0.15) is 6.61 Å². The molecule has 0 saturated carbocycles. The molecule has 0 spiro atoms. The first-order chi connectivity index (χ1) is 17.3. The minimum atomic E-state index is -4.76. The zero-order valence-electron chi connectivity index (χ0n) is 19.1. The van der Waals surface area contributed by atoms with Crippen molar-refractivity contribution in [3.05, 3.63) is 83.9 Å². The molecule has 1 saturated heterocycles. The molecule has 0 aliphatic carbocycles. The Morgan fingerprint density at radius 2 is 1.81 bits per heavy atom. The van der Waals surface area contributed by atoms with E-state index in [2.05, 4.69) is 10.7 Å². The third-order valence-corrected chi connectivity index (χ3v) is 5.45. The number of carbonyl (C=O) groups is 2. The van der Waals surface area contributed by atoms with Crippen LogP contribution in [-0.4, -0.2) is 31.7 Å². The number of hydrazine groups is 1. The summed E-state index contributed by atoms with van der Waals surface area (Å²) >= 11 is 0. The summed E-state index contributed by atoms with van der Waals surface area (Å²) in [6, 6.07) is 18.3. The second-order valence-electron chi connectivity index (χ2n) is 7.95. The Hall–Kier alpha value is -4.09. The van der Waals surface area contributed by atoms with E-state index in [-0.39, 0.29) is 31.1 Å². The van der Waals surface area contributed by atoms with E-state index in [1.165, 1.54) is 17.1 Å². The first-order valence-electron chi connectivity index (χ1n) is 11.1. The fraction of sp³-hybridized carbons (Fsp3) is 0.200. The summed E-state index contributed by atoms with van der Waals surface area (Å²) in [7, 11) is 0. The van der Waals surface area contributed by atoms with Crippen LogP contribution in [-0.2, 0) is 22.3 Å². The van der Waals surface area contributed by atoms with Crippen molar-refractivity contribution in [3.8, 4) is 0 Å². The number of para-hydroxylation sites is 1. The summed E-state index contributed by atoms with van der Waals surface area (Å²) in [6.45, 7) is 0.135. The minimum Gasteiger partial charge on any atom is -0.370 e. The van der Waals surface area contributed by atoms with Crippen molar-refractivity contribution in [2.24, 2.45) is 5.73 Å². The van der Waals surface area contributed by atoms with Crippen molar-refractivity contribution in [1.29, 1.82) is 0 Å². The Labute approximate surface area is 205 Å². The lowest BCUT2D eigenvalue weighted by Gasteiger charge is -2.29. The smallest absolute Gasteiger partial charge is 0.370 e. The summed E-state index contributed by atoms with van der Waals surface area (Å²) in [5.74, 6) is -0.567. The van der Waals surface area contributed by atoms with Crippen molar-refractivity contribution < 1.29 is 27.5 Å². The number of urea groups is 1. The maximum Gasteiger partial charge on any atom is 0.418 e. The molecule has 3 amide bonds. The van der Waals surface area contributed by atoms with Gasteiger partial charge in [-0.2, -0.15) is 13.2 Å². The molecule has 36 heavy (non-hydrogen) atoms. The second kappa shape index (κ2) is 10.7. The number of anilines is 4. The van der Waals surface area contributed by atoms with Gasteiger partial charge in [0.2, 0.25) is 0 Å². The number of nitrogens with one attached hydrogen (secondary N) is 2. The maximum atomic E-state index is 13.9. The van der Waals surface area contributed by atoms with E-state index in [9.17, 15) is 22.8 Å². The van der Waals surface area contributed by atoms with E-state index in [1.807, 2.05) is 6.07 Å². The van der Waals surface area contributed by atoms with Gasteiger partial charge in [-0.1, -0.05) is 30.3 Å². The van der Waals surface area contributed by atoms with Crippen LogP contribution in [0.4, 0.5) is 40.7 Å². The standard InChI is InChI=1S/C25H24F3N5O3/c26-25(27,28)21-14-18(9-10-22(21)32-11-12-36-16-23(32)34)30-24(35)33(20-7-2-1-3-8-20)31-19-6-4-5-17(13-19)15-29/h1-10,13-14,31H,11-12,15-16,29H2,(H,30,35). The molecular formula is C25H24F3N5O3. The van der Waals surface area contributed by atoms with E-state index >= 15 is 0 Å². The molecule has 188 valence electrons. The molecule has 0 radical (unpaired) electrons. The second-order valence-corrected chi connectivity index (χ2v) is 7.95. The quantitative estimate of drug-likeness (QED) is 0.431. The van der Waals surface area contributed by atoms with Gasteiger partial charge >= 0.3 is 12.2 Å². The average Bonchev–Trinajstić information content (AvgIpc) is 2.88. The molecule has 0 aromatic heterocycles. The fourth-order valence-electron chi connectivity index (χ4n) is 3.73. The largest absolute Gasteiger partial charge is 0.418 e. The van der Waals surface area contributed by atoms with E-state index in [4.69, 9.17) is 10.5 Å². The highest BCUT2D eigenvalue weighted by molar-refractivity contribution is 6.03. The highest BCUT2D eigenvalue weighted by Crippen LogP contribution is 2.39. The van der Waals surface area contributed by atoms with Crippen LogP contribution in [0.25, 0.3) is 0 Å². The van der Waals surface area contributed by atoms with Gasteiger partial charge < -0.3 is 20.7 Å². The van der Waals surface area contributed by atoms with Gasteiger partial charge in [0.25, 0.3) is 5.91 Å². The number of ether oxygens (including phenoxy) is 1. The number of morpholine rings is 1. The van der Waals surface area contributed by atoms with Crippen LogP contribution in [0.15, 0.2) is 72.8 Å². The summed E-state index contributed by atoms with van der Waals surface area (Å²) < 4.78 is 46.8. The fourth-order valence-corrected chi connectivity index (χ4v) is 3.73. The Morgan fingerprint density at radius 3 is 2.50 bits per heavy atom. The number of alkyl halides is 3. The van der Waals surface area contributed by atoms with Gasteiger partial charge in [0.05, 0.1) is 29.2 Å². The van der Waals surface area contributed by atoms with E-state index in [1.54, 1.807) is 48.5 Å². The highest BCUT2D eigenvalue weighted by Gasteiger charge is 2.37. The SMILES string of the molecule is NCc1cccc(NN(C(=O)Nc2ccc(N3CCOCC3=O)c(C(F)(F)F)c2)c2ccccc2)c1. The Morgan fingerprint density at radius 1 is 1.03 bits per heavy atom. The van der Waals surface area contributed by atoms with E-state index in [0.29, 0.717) is 17.9 Å². The lowest BCUT2D eigenvalue weighted by atomic mass is 10.1. The van der Waals surface area contributed by atoms with Crippen LogP contribution in [0.1, 0.15) is 11.1 Å². The number of nitrogens with zero attached hydrogens (tertiary/aromatic N) is 2. The van der Waals surface area contributed by atoms with Crippen LogP contribution in [0, 0.1) is 0 Å². The van der Waals surface area contributed by atoms with Gasteiger partial charge in [-0.3, -0.25) is 10.2 Å². The maximum absolute atomic E-state index is 13.9. The number of rotatable bonds is 6. The zero-order chi connectivity index (χ0) is 25.7. The van der Waals surface area contributed by atoms with Crippen LogP contribution in [0.3, 0.4) is 0 Å². The third kappa shape index (κ3) is 5.75. The predicted octanol–water partition coefficient (Wildman–Crippen LogP) is 4.59. The molecule has 0 atom stereocenters. The van der Waals surface area contributed by atoms with E-state index < -0.39 is 23.7 Å². The molecule has 1 aliphatic heterocycles. The number of benzene rings is 3. The van der Waals surface area contributed by atoms with Gasteiger partial charge in [-0.15, -0.1) is 0 Å². The summed E-state index contributed by atoms with van der Waals surface area (Å²) in [6.07, 6.45) is -4.76. The summed E-state index contributed by atoms with van der Waals surface area (Å²) in [5, 5.41) is 3.70. The molecule has 1 fully saturated rings. The molecule has 8 nitrogen and oxygen atoms in total. The molecule has 1 heterocycles. The molecule has 0 unspecified atom stereocenters. The van der Waals surface area contributed by atoms with Gasteiger partial charge in [-0.25, -0.2) is 9.80 Å². The van der Waals surface area contributed by atoms with Crippen molar-refractivity contribution in [1.82, 2.24) is 0 Å². The number of carbonyl (C=O) groups excluding carboxylic acids is 2. The molecule has 3 aromatic carbocycles. The first-order valence-corrected chi connectivity index (χ1v) is 11.1. The highest BCUT2D eigenvalue weighted by atomic mass is 19.4. The molecular weight excluding hydrogens is 475 g/mol. The zero-order valence-corrected chi connectivity index (χ0v) is 19.1. The molecule has 0 bridgehead atoms. The van der Waals surface area contributed by atoms with Crippen molar-refractivity contribution >= 4 is 34.7 Å². The lowest BCUT2D eigenvalue weighted by Crippen LogP contribution is -2.42. The van der Waals surface area contributed by atoms with Crippen LogP contribution < -0.4 is 26.4 Å². The minimum absolute atomic E-state index is 0.00118. The molecule has 11 heteroatoms. The average molecular weight is 499 g/mol. The Balaban J connectivity index is 1.63. The first kappa shape index (κ1) is 25.0. The molecule has 1 aliphatic rings. The normalized spacial score (nSPS) is 13.9. The number of hydrogen-bond donors (Lipinski definition) is 3. The monoisotopic (exact) mass is 499 g/mol. The van der Waals surface area contributed by atoms with Crippen molar-refractivity contribution in [2.45, 2.75) is 12.7 Å².